The second-order valence-corrected chi connectivity index (χ2v) is 2.95. The molecule has 2 aromatic heterocycles. The summed E-state index contributed by atoms with van der Waals surface area (Å²) in [6, 6.07) is 1.77. The summed E-state index contributed by atoms with van der Waals surface area (Å²) in [5.74, 6) is 0.829. The van der Waals surface area contributed by atoms with Crippen LogP contribution in [-0.2, 0) is 0 Å². The van der Waals surface area contributed by atoms with Crippen molar-refractivity contribution < 1.29 is 4.79 Å². The van der Waals surface area contributed by atoms with E-state index in [4.69, 9.17) is 0 Å². The third-order valence-electron chi connectivity index (χ3n) is 2.16. The molecule has 0 aliphatic carbocycles. The second-order valence-electron chi connectivity index (χ2n) is 2.95. The number of fused-ring (bicyclic) bond motifs is 1. The van der Waals surface area contributed by atoms with Crippen LogP contribution in [0.15, 0.2) is 12.3 Å². The minimum absolute atomic E-state index is 0.667. The van der Waals surface area contributed by atoms with Crippen molar-refractivity contribution in [2.45, 2.75) is 13.8 Å². The van der Waals surface area contributed by atoms with E-state index in [0.29, 0.717) is 5.56 Å². The smallest absolute Gasteiger partial charge is 0.164 e. The van der Waals surface area contributed by atoms with Crippen molar-refractivity contribution in [1.29, 1.82) is 0 Å². The number of nitrogens with zero attached hydrogens (tertiary/aromatic N) is 3. The molecule has 2 rings (SSSR count). The van der Waals surface area contributed by atoms with Gasteiger partial charge in [-0.15, -0.1) is 10.2 Å². The van der Waals surface area contributed by atoms with Crippen molar-refractivity contribution in [3.8, 4) is 0 Å². The molecular formula is C9H9N3O. The van der Waals surface area contributed by atoms with E-state index in [1.165, 1.54) is 0 Å². The summed E-state index contributed by atoms with van der Waals surface area (Å²) in [4.78, 5) is 10.6. The molecule has 0 unspecified atom stereocenters. The predicted octanol–water partition coefficient (Wildman–Crippen LogP) is 1.16. The highest BCUT2D eigenvalue weighted by molar-refractivity contribution is 5.80. The zero-order chi connectivity index (χ0) is 9.42. The average Bonchev–Trinajstić information content (AvgIpc) is 2.50. The molecule has 2 heterocycles. The zero-order valence-electron chi connectivity index (χ0n) is 7.48. The molecule has 2 aromatic rings. The van der Waals surface area contributed by atoms with E-state index in [0.717, 1.165) is 23.3 Å². The molecule has 0 spiro atoms. The van der Waals surface area contributed by atoms with Crippen LogP contribution in [-0.4, -0.2) is 20.9 Å². The van der Waals surface area contributed by atoms with Crippen LogP contribution < -0.4 is 0 Å². The van der Waals surface area contributed by atoms with Crippen molar-refractivity contribution in [1.82, 2.24) is 14.6 Å². The summed E-state index contributed by atoms with van der Waals surface area (Å²) in [5, 5.41) is 7.91. The Morgan fingerprint density at radius 2 is 2.15 bits per heavy atom. The van der Waals surface area contributed by atoms with Crippen LogP contribution in [0.2, 0.25) is 0 Å². The first-order chi connectivity index (χ1) is 6.24. The highest BCUT2D eigenvalue weighted by Gasteiger charge is 2.06. The van der Waals surface area contributed by atoms with Crippen molar-refractivity contribution in [2.24, 2.45) is 0 Å². The molecule has 0 saturated carbocycles. The Hall–Kier alpha value is -1.71. The van der Waals surface area contributed by atoms with Gasteiger partial charge in [0, 0.05) is 17.3 Å². The van der Waals surface area contributed by atoms with E-state index in [1.54, 1.807) is 12.3 Å². The highest BCUT2D eigenvalue weighted by Crippen LogP contribution is 2.12. The molecule has 13 heavy (non-hydrogen) atoms. The molecule has 4 heteroatoms. The molecule has 0 saturated heterocycles. The lowest BCUT2D eigenvalue weighted by atomic mass is 10.2. The van der Waals surface area contributed by atoms with Gasteiger partial charge in [0.25, 0.3) is 0 Å². The monoisotopic (exact) mass is 175 g/mol. The summed E-state index contributed by atoms with van der Waals surface area (Å²) >= 11 is 0. The molecule has 0 atom stereocenters. The third-order valence-corrected chi connectivity index (χ3v) is 2.16. The maximum Gasteiger partial charge on any atom is 0.164 e. The van der Waals surface area contributed by atoms with Crippen LogP contribution in [0.25, 0.3) is 5.65 Å². The van der Waals surface area contributed by atoms with Gasteiger partial charge >= 0.3 is 0 Å². The summed E-state index contributed by atoms with van der Waals surface area (Å²) < 4.78 is 1.86. The Kier molecular flexibility index (Phi) is 1.62. The van der Waals surface area contributed by atoms with Gasteiger partial charge in [-0.25, -0.2) is 0 Å². The van der Waals surface area contributed by atoms with E-state index >= 15 is 0 Å². The lowest BCUT2D eigenvalue weighted by Gasteiger charge is -1.99. The minimum Gasteiger partial charge on any atom is -0.298 e. The van der Waals surface area contributed by atoms with Crippen molar-refractivity contribution >= 4 is 11.9 Å². The average molecular weight is 175 g/mol. The summed E-state index contributed by atoms with van der Waals surface area (Å²) in [6.45, 7) is 3.74. The Labute approximate surface area is 75.2 Å². The fourth-order valence-corrected chi connectivity index (χ4v) is 1.34. The van der Waals surface area contributed by atoms with Crippen molar-refractivity contribution in [3.63, 3.8) is 0 Å². The molecule has 4 nitrogen and oxygen atoms in total. The lowest BCUT2D eigenvalue weighted by molar-refractivity contribution is 0.112. The van der Waals surface area contributed by atoms with Crippen molar-refractivity contribution in [2.75, 3.05) is 0 Å². The molecule has 0 amide bonds. The second kappa shape index (κ2) is 2.65. The number of aryl methyl sites for hydroxylation is 2. The first-order valence-electron chi connectivity index (χ1n) is 4.00. The van der Waals surface area contributed by atoms with Gasteiger partial charge < -0.3 is 0 Å². The largest absolute Gasteiger partial charge is 0.298 e. The van der Waals surface area contributed by atoms with Crippen LogP contribution in [0.4, 0.5) is 0 Å². The fraction of sp³-hybridized carbons (Fsp3) is 0.222. The van der Waals surface area contributed by atoms with Gasteiger partial charge in [-0.2, -0.15) is 0 Å². The molecule has 0 N–H and O–H groups in total. The molecule has 0 aliphatic heterocycles. The third kappa shape index (κ3) is 1.02. The summed E-state index contributed by atoms with van der Waals surface area (Å²) in [5.41, 5.74) is 2.29. The van der Waals surface area contributed by atoms with Crippen LogP contribution >= 0.6 is 0 Å². The maximum absolute atomic E-state index is 10.6. The van der Waals surface area contributed by atoms with Crippen LogP contribution in [0.1, 0.15) is 21.7 Å². The topological polar surface area (TPSA) is 47.3 Å². The van der Waals surface area contributed by atoms with Crippen LogP contribution in [0.3, 0.4) is 0 Å². The molecule has 0 bridgehead atoms. The molecule has 0 fully saturated rings. The zero-order valence-corrected chi connectivity index (χ0v) is 7.48. The number of rotatable bonds is 1. The van der Waals surface area contributed by atoms with E-state index < -0.39 is 0 Å². The first-order valence-corrected chi connectivity index (χ1v) is 4.00. The number of pyridine rings is 1. The van der Waals surface area contributed by atoms with Gasteiger partial charge in [0.1, 0.15) is 5.82 Å². The number of carbonyl (C=O) groups excluding carboxylic acids is 1. The van der Waals surface area contributed by atoms with E-state index in [-0.39, 0.29) is 0 Å². The molecule has 0 aromatic carbocycles. The van der Waals surface area contributed by atoms with Gasteiger partial charge in [-0.3, -0.25) is 9.20 Å². The number of hydrogen-bond acceptors (Lipinski definition) is 3. The molecule has 0 radical (unpaired) electrons. The summed E-state index contributed by atoms with van der Waals surface area (Å²) in [6.07, 6.45) is 2.64. The lowest BCUT2D eigenvalue weighted by Crippen LogP contribution is -1.94. The minimum atomic E-state index is 0.667. The first kappa shape index (κ1) is 7.91. The van der Waals surface area contributed by atoms with Crippen LogP contribution in [0.5, 0.6) is 0 Å². The highest BCUT2D eigenvalue weighted by atomic mass is 16.1. The number of carbonyl (C=O) groups is 1. The van der Waals surface area contributed by atoms with Gasteiger partial charge in [0.2, 0.25) is 0 Å². The normalized spacial score (nSPS) is 10.6. The predicted molar refractivity (Wildman–Crippen MR) is 47.8 cm³/mol. The summed E-state index contributed by atoms with van der Waals surface area (Å²) in [7, 11) is 0. The van der Waals surface area contributed by atoms with Crippen molar-refractivity contribution in [3.05, 3.63) is 29.2 Å². The SMILES string of the molecule is Cc1c(C=O)ccn2c(C)nnc12. The molecule has 66 valence electrons. The Morgan fingerprint density at radius 1 is 1.38 bits per heavy atom. The standard InChI is InChI=1S/C9H9N3O/c1-6-8(5-13)3-4-12-7(2)10-11-9(6)12/h3-5H,1-2H3. The number of aldehydes is 1. The molecular weight excluding hydrogens is 166 g/mol. The quantitative estimate of drug-likeness (QED) is 0.611. The molecule has 0 aliphatic rings. The number of hydrogen-bond donors (Lipinski definition) is 0. The fourth-order valence-electron chi connectivity index (χ4n) is 1.34. The van der Waals surface area contributed by atoms with E-state index in [2.05, 4.69) is 10.2 Å². The Balaban J connectivity index is 2.87. The van der Waals surface area contributed by atoms with Gasteiger partial charge in [0.05, 0.1) is 0 Å². The Morgan fingerprint density at radius 3 is 2.85 bits per heavy atom. The van der Waals surface area contributed by atoms with Crippen LogP contribution in [0, 0.1) is 13.8 Å². The van der Waals surface area contributed by atoms with E-state index in [1.807, 2.05) is 18.2 Å². The Bertz CT molecular complexity index is 473. The van der Waals surface area contributed by atoms with Gasteiger partial charge in [0.15, 0.2) is 11.9 Å². The number of aromatic nitrogens is 3. The van der Waals surface area contributed by atoms with Gasteiger partial charge in [-0.05, 0) is 19.9 Å². The maximum atomic E-state index is 10.6. The van der Waals surface area contributed by atoms with E-state index in [9.17, 15) is 4.79 Å². The van der Waals surface area contributed by atoms with Gasteiger partial charge in [-0.1, -0.05) is 0 Å².